The van der Waals surface area contributed by atoms with Crippen LogP contribution in [-0.4, -0.2) is 24.5 Å². The molecule has 27 heavy (non-hydrogen) atoms. The molecule has 2 aromatic carbocycles. The second kappa shape index (κ2) is 8.36. The Morgan fingerprint density at radius 1 is 1.19 bits per heavy atom. The van der Waals surface area contributed by atoms with Crippen molar-refractivity contribution in [2.45, 2.75) is 20.0 Å². The van der Waals surface area contributed by atoms with Gasteiger partial charge in [-0.05, 0) is 37.6 Å². The SMILES string of the molecule is CCOC(=O)[C@@H](C)Oc1ccc2c(c1)O/C(=C\C=C\c1ccccc1)C2=O. The molecule has 0 N–H and O–H groups in total. The predicted octanol–water partition coefficient (Wildman–Crippen LogP) is 4.19. The minimum Gasteiger partial charge on any atom is -0.479 e. The van der Waals surface area contributed by atoms with Crippen LogP contribution in [0.5, 0.6) is 11.5 Å². The molecule has 0 bridgehead atoms. The zero-order valence-electron chi connectivity index (χ0n) is 15.2. The number of esters is 1. The molecule has 0 radical (unpaired) electrons. The Balaban J connectivity index is 1.70. The van der Waals surface area contributed by atoms with Crippen LogP contribution in [0.25, 0.3) is 6.08 Å². The molecule has 0 saturated heterocycles. The Hall–Kier alpha value is -3.34. The van der Waals surface area contributed by atoms with E-state index in [0.29, 0.717) is 23.7 Å². The summed E-state index contributed by atoms with van der Waals surface area (Å²) in [4.78, 5) is 24.1. The van der Waals surface area contributed by atoms with Crippen molar-refractivity contribution in [2.24, 2.45) is 0 Å². The van der Waals surface area contributed by atoms with Crippen molar-refractivity contribution in [3.63, 3.8) is 0 Å². The highest BCUT2D eigenvalue weighted by atomic mass is 16.6. The molecular formula is C22H20O5. The third-order valence-corrected chi connectivity index (χ3v) is 3.91. The largest absolute Gasteiger partial charge is 0.479 e. The lowest BCUT2D eigenvalue weighted by Gasteiger charge is -2.13. The highest BCUT2D eigenvalue weighted by Gasteiger charge is 2.27. The number of ketones is 1. The van der Waals surface area contributed by atoms with Crippen molar-refractivity contribution in [3.05, 3.63) is 77.6 Å². The van der Waals surface area contributed by atoms with E-state index in [4.69, 9.17) is 14.2 Å². The fourth-order valence-electron chi connectivity index (χ4n) is 2.58. The number of hydrogen-bond acceptors (Lipinski definition) is 5. The number of allylic oxidation sites excluding steroid dienone is 3. The van der Waals surface area contributed by atoms with Crippen molar-refractivity contribution < 1.29 is 23.8 Å². The van der Waals surface area contributed by atoms with Crippen molar-refractivity contribution in [3.8, 4) is 11.5 Å². The van der Waals surface area contributed by atoms with Gasteiger partial charge in [0, 0.05) is 6.07 Å². The predicted molar refractivity (Wildman–Crippen MR) is 102 cm³/mol. The lowest BCUT2D eigenvalue weighted by molar-refractivity contribution is -0.150. The topological polar surface area (TPSA) is 61.8 Å². The summed E-state index contributed by atoms with van der Waals surface area (Å²) in [7, 11) is 0. The second-order valence-corrected chi connectivity index (χ2v) is 5.90. The molecule has 138 valence electrons. The molecule has 1 aliphatic rings. The summed E-state index contributed by atoms with van der Waals surface area (Å²) in [5.74, 6) is 0.457. The fourth-order valence-corrected chi connectivity index (χ4v) is 2.58. The molecule has 0 amide bonds. The molecule has 2 aromatic rings. The van der Waals surface area contributed by atoms with Crippen LogP contribution in [0.1, 0.15) is 29.8 Å². The maximum atomic E-state index is 12.4. The number of benzene rings is 2. The molecule has 1 aliphatic heterocycles. The monoisotopic (exact) mass is 364 g/mol. The summed E-state index contributed by atoms with van der Waals surface area (Å²) in [6.45, 7) is 3.63. The van der Waals surface area contributed by atoms with Gasteiger partial charge in [-0.25, -0.2) is 4.79 Å². The quantitative estimate of drug-likeness (QED) is 0.568. The van der Waals surface area contributed by atoms with Crippen LogP contribution in [0, 0.1) is 0 Å². The lowest BCUT2D eigenvalue weighted by atomic mass is 10.1. The van der Waals surface area contributed by atoms with Gasteiger partial charge in [0.05, 0.1) is 12.2 Å². The zero-order chi connectivity index (χ0) is 19.2. The number of hydrogen-bond donors (Lipinski definition) is 0. The zero-order valence-corrected chi connectivity index (χ0v) is 15.2. The maximum Gasteiger partial charge on any atom is 0.347 e. The Kier molecular flexibility index (Phi) is 5.71. The van der Waals surface area contributed by atoms with Gasteiger partial charge in [0.2, 0.25) is 5.78 Å². The first-order valence-electron chi connectivity index (χ1n) is 8.71. The fraction of sp³-hybridized carbons (Fsp3) is 0.182. The van der Waals surface area contributed by atoms with Crippen LogP contribution in [0.2, 0.25) is 0 Å². The number of carbonyl (C=O) groups excluding carboxylic acids is 2. The van der Waals surface area contributed by atoms with Crippen molar-refractivity contribution in [1.29, 1.82) is 0 Å². The number of Topliss-reactive ketones (excluding diaryl/α,β-unsaturated/α-hetero) is 1. The van der Waals surface area contributed by atoms with Crippen molar-refractivity contribution in [2.75, 3.05) is 6.61 Å². The Labute approximate surface area is 157 Å². The van der Waals surface area contributed by atoms with Crippen LogP contribution in [0.4, 0.5) is 0 Å². The molecule has 0 spiro atoms. The molecule has 5 heteroatoms. The van der Waals surface area contributed by atoms with Gasteiger partial charge in [-0.2, -0.15) is 0 Å². The first kappa shape index (κ1) is 18.5. The van der Waals surface area contributed by atoms with Gasteiger partial charge in [0.15, 0.2) is 11.9 Å². The maximum absolute atomic E-state index is 12.4. The van der Waals surface area contributed by atoms with Gasteiger partial charge in [0.1, 0.15) is 11.5 Å². The van der Waals surface area contributed by atoms with E-state index >= 15 is 0 Å². The summed E-state index contributed by atoms with van der Waals surface area (Å²) in [6.07, 6.45) is 4.55. The highest BCUT2D eigenvalue weighted by molar-refractivity contribution is 6.12. The van der Waals surface area contributed by atoms with E-state index < -0.39 is 12.1 Å². The third-order valence-electron chi connectivity index (χ3n) is 3.91. The van der Waals surface area contributed by atoms with Crippen LogP contribution < -0.4 is 9.47 Å². The standard InChI is InChI=1S/C22H20O5/c1-3-25-22(24)15(2)26-17-12-13-18-20(14-17)27-19(21(18)23)11-7-10-16-8-5-4-6-9-16/h4-15H,3H2,1-2H3/b10-7+,19-11-/t15-/m1/s1. The molecule has 0 aromatic heterocycles. The molecule has 0 unspecified atom stereocenters. The first-order chi connectivity index (χ1) is 13.1. The normalized spacial score (nSPS) is 15.5. The summed E-state index contributed by atoms with van der Waals surface area (Å²) < 4.78 is 16.1. The van der Waals surface area contributed by atoms with Gasteiger partial charge in [-0.3, -0.25) is 4.79 Å². The van der Waals surface area contributed by atoms with Crippen molar-refractivity contribution >= 4 is 17.8 Å². The first-order valence-corrected chi connectivity index (χ1v) is 8.71. The van der Waals surface area contributed by atoms with Gasteiger partial charge in [-0.15, -0.1) is 0 Å². The number of ether oxygens (including phenoxy) is 3. The van der Waals surface area contributed by atoms with E-state index in [1.165, 1.54) is 0 Å². The number of carbonyl (C=O) groups is 2. The summed E-state index contributed by atoms with van der Waals surface area (Å²) in [5.41, 5.74) is 1.49. The van der Waals surface area contributed by atoms with Gasteiger partial charge < -0.3 is 14.2 Å². The second-order valence-electron chi connectivity index (χ2n) is 5.90. The van der Waals surface area contributed by atoms with Crippen LogP contribution in [-0.2, 0) is 9.53 Å². The van der Waals surface area contributed by atoms with E-state index in [9.17, 15) is 9.59 Å². The van der Waals surface area contributed by atoms with Gasteiger partial charge in [0.25, 0.3) is 0 Å². The molecule has 0 fully saturated rings. The molecular weight excluding hydrogens is 344 g/mol. The molecule has 5 nitrogen and oxygen atoms in total. The van der Waals surface area contributed by atoms with E-state index in [0.717, 1.165) is 5.56 Å². The molecule has 0 aliphatic carbocycles. The van der Waals surface area contributed by atoms with Crippen LogP contribution in [0.15, 0.2) is 66.4 Å². The highest BCUT2D eigenvalue weighted by Crippen LogP contribution is 2.34. The number of rotatable bonds is 6. The average Bonchev–Trinajstić information content (AvgIpc) is 2.98. The van der Waals surface area contributed by atoms with Crippen molar-refractivity contribution in [1.82, 2.24) is 0 Å². The molecule has 1 atom stereocenters. The van der Waals surface area contributed by atoms with E-state index in [-0.39, 0.29) is 11.5 Å². The summed E-state index contributed by atoms with van der Waals surface area (Å²) in [6, 6.07) is 14.6. The minimum absolute atomic E-state index is 0.187. The lowest BCUT2D eigenvalue weighted by Crippen LogP contribution is -2.26. The average molecular weight is 364 g/mol. The molecule has 1 heterocycles. The Morgan fingerprint density at radius 2 is 1.96 bits per heavy atom. The van der Waals surface area contributed by atoms with Crippen LogP contribution in [0.3, 0.4) is 0 Å². The smallest absolute Gasteiger partial charge is 0.347 e. The Morgan fingerprint density at radius 3 is 2.70 bits per heavy atom. The van der Waals surface area contributed by atoms with Gasteiger partial charge >= 0.3 is 5.97 Å². The summed E-state index contributed by atoms with van der Waals surface area (Å²) in [5, 5.41) is 0. The van der Waals surface area contributed by atoms with Crippen LogP contribution >= 0.6 is 0 Å². The molecule has 3 rings (SSSR count). The summed E-state index contributed by atoms with van der Waals surface area (Å²) >= 11 is 0. The third kappa shape index (κ3) is 4.44. The minimum atomic E-state index is -0.746. The van der Waals surface area contributed by atoms with Gasteiger partial charge in [-0.1, -0.05) is 42.5 Å². The van der Waals surface area contributed by atoms with E-state index in [1.54, 1.807) is 44.2 Å². The van der Waals surface area contributed by atoms with E-state index in [1.807, 2.05) is 36.4 Å². The van der Waals surface area contributed by atoms with E-state index in [2.05, 4.69) is 0 Å². The molecule has 0 saturated carbocycles. The number of fused-ring (bicyclic) bond motifs is 1. The Bertz CT molecular complexity index is 896.